The van der Waals surface area contributed by atoms with Crippen LogP contribution in [-0.4, -0.2) is 12.5 Å². The van der Waals surface area contributed by atoms with E-state index in [0.29, 0.717) is 18.7 Å². The fraction of sp³-hybridized carbons (Fsp3) is 0.235. The average molecular weight is 323 g/mol. The molecule has 0 saturated heterocycles. The minimum atomic E-state index is -4.38. The number of anilines is 1. The van der Waals surface area contributed by atoms with Gasteiger partial charge in [-0.2, -0.15) is 13.2 Å². The van der Waals surface area contributed by atoms with Crippen LogP contribution in [-0.2, 0) is 11.0 Å². The second-order valence-corrected chi connectivity index (χ2v) is 4.89. The third-order valence-electron chi connectivity index (χ3n) is 3.06. The summed E-state index contributed by atoms with van der Waals surface area (Å²) in [5.74, 6) is 0.470. The Labute approximate surface area is 132 Å². The molecule has 1 N–H and O–H groups in total. The minimum absolute atomic E-state index is 0.230. The zero-order valence-corrected chi connectivity index (χ0v) is 12.3. The highest BCUT2D eigenvalue weighted by Crippen LogP contribution is 2.29. The predicted molar refractivity (Wildman–Crippen MR) is 81.2 cm³/mol. The van der Waals surface area contributed by atoms with Crippen LogP contribution < -0.4 is 10.1 Å². The van der Waals surface area contributed by atoms with Crippen LogP contribution >= 0.6 is 0 Å². The summed E-state index contributed by atoms with van der Waals surface area (Å²) in [4.78, 5) is 11.7. The van der Waals surface area contributed by atoms with Crippen molar-refractivity contribution in [3.8, 4) is 5.75 Å². The van der Waals surface area contributed by atoms with Gasteiger partial charge in [-0.1, -0.05) is 18.2 Å². The average Bonchev–Trinajstić information content (AvgIpc) is 2.52. The number of nitrogens with one attached hydrogen (secondary N) is 1. The predicted octanol–water partition coefficient (Wildman–Crippen LogP) is 4.50. The molecule has 0 aromatic heterocycles. The number of para-hydroxylation sites is 1. The van der Waals surface area contributed by atoms with E-state index < -0.39 is 11.7 Å². The van der Waals surface area contributed by atoms with Gasteiger partial charge in [0.25, 0.3) is 0 Å². The zero-order chi connectivity index (χ0) is 16.7. The van der Waals surface area contributed by atoms with Crippen LogP contribution in [0.2, 0.25) is 0 Å². The van der Waals surface area contributed by atoms with Crippen LogP contribution in [0.25, 0.3) is 0 Å². The van der Waals surface area contributed by atoms with Crippen LogP contribution in [0.15, 0.2) is 54.6 Å². The molecule has 0 aliphatic rings. The Hall–Kier alpha value is -2.50. The number of ether oxygens (including phenoxy) is 1. The van der Waals surface area contributed by atoms with Crippen LogP contribution in [0.1, 0.15) is 18.4 Å². The van der Waals surface area contributed by atoms with Crippen molar-refractivity contribution in [2.24, 2.45) is 0 Å². The number of hydrogen-bond donors (Lipinski definition) is 1. The minimum Gasteiger partial charge on any atom is -0.494 e. The molecule has 0 fully saturated rings. The first-order chi connectivity index (χ1) is 10.9. The number of halogens is 3. The topological polar surface area (TPSA) is 38.3 Å². The second-order valence-electron chi connectivity index (χ2n) is 4.89. The number of carbonyl (C=O) groups is 1. The van der Waals surface area contributed by atoms with E-state index in [2.05, 4.69) is 5.32 Å². The van der Waals surface area contributed by atoms with E-state index in [1.807, 2.05) is 30.3 Å². The highest BCUT2D eigenvalue weighted by atomic mass is 19.4. The Morgan fingerprint density at radius 1 is 1.00 bits per heavy atom. The fourth-order valence-electron chi connectivity index (χ4n) is 1.91. The first-order valence-electron chi connectivity index (χ1n) is 7.10. The van der Waals surface area contributed by atoms with Gasteiger partial charge < -0.3 is 10.1 Å². The molecule has 2 rings (SSSR count). The summed E-state index contributed by atoms with van der Waals surface area (Å²) in [7, 11) is 0. The van der Waals surface area contributed by atoms with Crippen molar-refractivity contribution in [3.63, 3.8) is 0 Å². The van der Waals surface area contributed by atoms with Crippen LogP contribution in [0.5, 0.6) is 5.75 Å². The van der Waals surface area contributed by atoms with Gasteiger partial charge in [-0.05, 0) is 42.8 Å². The SMILES string of the molecule is O=C(CCCOc1ccccc1)Nc1ccc(C(F)(F)F)cc1. The summed E-state index contributed by atoms with van der Waals surface area (Å²) >= 11 is 0. The van der Waals surface area contributed by atoms with Crippen molar-refractivity contribution in [1.82, 2.24) is 0 Å². The molecule has 3 nitrogen and oxygen atoms in total. The first kappa shape index (κ1) is 16.9. The monoisotopic (exact) mass is 323 g/mol. The maximum Gasteiger partial charge on any atom is 0.416 e. The lowest BCUT2D eigenvalue weighted by Gasteiger charge is -2.09. The van der Waals surface area contributed by atoms with Gasteiger partial charge in [-0.15, -0.1) is 0 Å². The maximum atomic E-state index is 12.4. The van der Waals surface area contributed by atoms with Gasteiger partial charge in [-0.25, -0.2) is 0 Å². The molecule has 6 heteroatoms. The standard InChI is InChI=1S/C17H16F3NO2/c18-17(19,20)13-8-10-14(11-9-13)21-16(22)7-4-12-23-15-5-2-1-3-6-15/h1-3,5-6,8-11H,4,7,12H2,(H,21,22). The molecule has 0 bridgehead atoms. The van der Waals surface area contributed by atoms with Gasteiger partial charge in [0.2, 0.25) is 5.91 Å². The summed E-state index contributed by atoms with van der Waals surface area (Å²) < 4.78 is 42.7. The highest BCUT2D eigenvalue weighted by molar-refractivity contribution is 5.90. The molecular weight excluding hydrogens is 307 g/mol. The molecule has 2 aromatic rings. The van der Waals surface area contributed by atoms with Gasteiger partial charge in [0.15, 0.2) is 0 Å². The van der Waals surface area contributed by atoms with E-state index >= 15 is 0 Å². The molecule has 0 heterocycles. The van der Waals surface area contributed by atoms with Crippen molar-refractivity contribution in [3.05, 3.63) is 60.2 Å². The molecule has 0 saturated carbocycles. The van der Waals surface area contributed by atoms with E-state index in [-0.39, 0.29) is 12.3 Å². The summed E-state index contributed by atoms with van der Waals surface area (Å²) in [5, 5.41) is 2.56. The molecule has 0 aliphatic carbocycles. The molecule has 0 spiro atoms. The van der Waals surface area contributed by atoms with Gasteiger partial charge in [0.05, 0.1) is 12.2 Å². The second kappa shape index (κ2) is 7.67. The lowest BCUT2D eigenvalue weighted by Crippen LogP contribution is -2.13. The Kier molecular flexibility index (Phi) is 5.62. The van der Waals surface area contributed by atoms with E-state index in [1.54, 1.807) is 0 Å². The van der Waals surface area contributed by atoms with E-state index in [9.17, 15) is 18.0 Å². The van der Waals surface area contributed by atoms with Crippen molar-refractivity contribution >= 4 is 11.6 Å². The molecule has 0 aliphatic heterocycles. The van der Waals surface area contributed by atoms with Crippen molar-refractivity contribution in [2.75, 3.05) is 11.9 Å². The van der Waals surface area contributed by atoms with Crippen LogP contribution in [0.3, 0.4) is 0 Å². The highest BCUT2D eigenvalue weighted by Gasteiger charge is 2.29. The molecular formula is C17H16F3NO2. The molecule has 0 radical (unpaired) electrons. The lowest BCUT2D eigenvalue weighted by atomic mass is 10.2. The van der Waals surface area contributed by atoms with E-state index in [4.69, 9.17) is 4.74 Å². The molecule has 122 valence electrons. The number of hydrogen-bond acceptors (Lipinski definition) is 2. The van der Waals surface area contributed by atoms with Gasteiger partial charge >= 0.3 is 6.18 Å². The molecule has 1 amide bonds. The number of carbonyl (C=O) groups excluding carboxylic acids is 1. The Morgan fingerprint density at radius 3 is 2.26 bits per heavy atom. The van der Waals surface area contributed by atoms with Gasteiger partial charge in [0.1, 0.15) is 5.75 Å². The largest absolute Gasteiger partial charge is 0.494 e. The third kappa shape index (κ3) is 5.65. The smallest absolute Gasteiger partial charge is 0.416 e. The zero-order valence-electron chi connectivity index (χ0n) is 12.3. The van der Waals surface area contributed by atoms with Crippen molar-refractivity contribution in [2.45, 2.75) is 19.0 Å². The normalized spacial score (nSPS) is 11.1. The van der Waals surface area contributed by atoms with Gasteiger partial charge in [0, 0.05) is 12.1 Å². The summed E-state index contributed by atoms with van der Waals surface area (Å²) in [6.07, 6.45) is -3.63. The third-order valence-corrected chi connectivity index (χ3v) is 3.06. The lowest BCUT2D eigenvalue weighted by molar-refractivity contribution is -0.137. The summed E-state index contributed by atoms with van der Waals surface area (Å²) in [6, 6.07) is 13.6. The molecule has 2 aromatic carbocycles. The fourth-order valence-corrected chi connectivity index (χ4v) is 1.91. The van der Waals surface area contributed by atoms with E-state index in [0.717, 1.165) is 17.9 Å². The summed E-state index contributed by atoms with van der Waals surface area (Å²) in [6.45, 7) is 0.393. The van der Waals surface area contributed by atoms with Crippen molar-refractivity contribution < 1.29 is 22.7 Å². The first-order valence-corrected chi connectivity index (χ1v) is 7.10. The number of benzene rings is 2. The molecule has 23 heavy (non-hydrogen) atoms. The Bertz CT molecular complexity index is 625. The number of alkyl halides is 3. The number of rotatable bonds is 6. The Balaban J connectivity index is 1.72. The quantitative estimate of drug-likeness (QED) is 0.795. The van der Waals surface area contributed by atoms with Crippen LogP contribution in [0.4, 0.5) is 18.9 Å². The van der Waals surface area contributed by atoms with Crippen LogP contribution in [0, 0.1) is 0 Å². The number of amides is 1. The molecule has 0 atom stereocenters. The van der Waals surface area contributed by atoms with Gasteiger partial charge in [-0.3, -0.25) is 4.79 Å². The summed E-state index contributed by atoms with van der Waals surface area (Å²) in [5.41, 5.74) is -0.404. The van der Waals surface area contributed by atoms with E-state index in [1.165, 1.54) is 12.1 Å². The maximum absolute atomic E-state index is 12.4. The molecule has 0 unspecified atom stereocenters. The Morgan fingerprint density at radius 2 is 1.65 bits per heavy atom. The van der Waals surface area contributed by atoms with Crippen molar-refractivity contribution in [1.29, 1.82) is 0 Å².